The van der Waals surface area contributed by atoms with E-state index in [1.807, 2.05) is 6.92 Å². The number of ether oxygens (including phenoxy) is 2. The van der Waals surface area contributed by atoms with E-state index in [1.165, 1.54) is 0 Å². The standard InChI is InChI=1S/C14H15ClO4/c1-2-8-9(14(3-4-14)13(16)17)7-10-12(11(8)15)19-6-5-18-10/h7H,2-6H2,1H3,(H,16,17). The van der Waals surface area contributed by atoms with E-state index in [2.05, 4.69) is 0 Å². The number of rotatable bonds is 3. The maximum Gasteiger partial charge on any atom is 0.314 e. The zero-order valence-electron chi connectivity index (χ0n) is 10.7. The highest BCUT2D eigenvalue weighted by molar-refractivity contribution is 6.33. The smallest absolute Gasteiger partial charge is 0.314 e. The number of halogens is 1. The molecule has 1 fully saturated rings. The first-order chi connectivity index (χ1) is 9.10. The summed E-state index contributed by atoms with van der Waals surface area (Å²) in [4.78, 5) is 11.5. The predicted molar refractivity (Wildman–Crippen MR) is 70.4 cm³/mol. The molecule has 0 atom stereocenters. The molecule has 1 aromatic carbocycles. The Morgan fingerprint density at radius 3 is 2.68 bits per heavy atom. The van der Waals surface area contributed by atoms with Gasteiger partial charge in [-0.25, -0.2) is 0 Å². The van der Waals surface area contributed by atoms with Crippen molar-refractivity contribution in [3.8, 4) is 11.5 Å². The summed E-state index contributed by atoms with van der Waals surface area (Å²) in [6.45, 7) is 2.91. The van der Waals surface area contributed by atoms with Crippen LogP contribution in [0, 0.1) is 0 Å². The van der Waals surface area contributed by atoms with Crippen molar-refractivity contribution in [3.63, 3.8) is 0 Å². The number of carboxylic acids is 1. The van der Waals surface area contributed by atoms with E-state index in [0.717, 1.165) is 11.1 Å². The van der Waals surface area contributed by atoms with Crippen molar-refractivity contribution in [3.05, 3.63) is 22.2 Å². The van der Waals surface area contributed by atoms with Crippen LogP contribution in [0.4, 0.5) is 0 Å². The Kier molecular flexibility index (Phi) is 2.86. The van der Waals surface area contributed by atoms with E-state index in [4.69, 9.17) is 21.1 Å². The normalized spacial score (nSPS) is 19.1. The second kappa shape index (κ2) is 4.30. The predicted octanol–water partition coefficient (Wildman–Crippen LogP) is 2.79. The van der Waals surface area contributed by atoms with Gasteiger partial charge in [-0.3, -0.25) is 4.79 Å². The van der Waals surface area contributed by atoms with Gasteiger partial charge in [-0.2, -0.15) is 0 Å². The third-order valence-corrected chi connectivity index (χ3v) is 4.30. The number of hydrogen-bond acceptors (Lipinski definition) is 3. The molecule has 0 spiro atoms. The molecule has 1 aliphatic heterocycles. The maximum atomic E-state index is 11.5. The average Bonchev–Trinajstić information content (AvgIpc) is 3.20. The van der Waals surface area contributed by atoms with Gasteiger partial charge in [0.25, 0.3) is 0 Å². The highest BCUT2D eigenvalue weighted by Crippen LogP contribution is 2.54. The first-order valence-electron chi connectivity index (χ1n) is 6.45. The van der Waals surface area contributed by atoms with Crippen molar-refractivity contribution in [2.45, 2.75) is 31.6 Å². The van der Waals surface area contributed by atoms with E-state index in [0.29, 0.717) is 49.0 Å². The van der Waals surface area contributed by atoms with Crippen molar-refractivity contribution >= 4 is 17.6 Å². The fraction of sp³-hybridized carbons (Fsp3) is 0.500. The fourth-order valence-electron chi connectivity index (χ4n) is 2.68. The lowest BCUT2D eigenvalue weighted by Gasteiger charge is -2.24. The molecule has 0 radical (unpaired) electrons. The van der Waals surface area contributed by atoms with Crippen molar-refractivity contribution in [1.29, 1.82) is 0 Å². The molecule has 19 heavy (non-hydrogen) atoms. The van der Waals surface area contributed by atoms with Crippen molar-refractivity contribution in [2.24, 2.45) is 0 Å². The lowest BCUT2D eigenvalue weighted by molar-refractivity contribution is -0.140. The minimum Gasteiger partial charge on any atom is -0.486 e. The van der Waals surface area contributed by atoms with Gasteiger partial charge in [-0.1, -0.05) is 18.5 Å². The molecule has 102 valence electrons. The molecule has 1 N–H and O–H groups in total. The molecule has 0 unspecified atom stereocenters. The van der Waals surface area contributed by atoms with Gasteiger partial charge in [0, 0.05) is 0 Å². The lowest BCUT2D eigenvalue weighted by Crippen LogP contribution is -2.23. The summed E-state index contributed by atoms with van der Waals surface area (Å²) in [6, 6.07) is 1.81. The molecule has 1 aliphatic carbocycles. The van der Waals surface area contributed by atoms with Gasteiger partial charge < -0.3 is 14.6 Å². The first-order valence-corrected chi connectivity index (χ1v) is 6.83. The minimum atomic E-state index is -0.782. The number of aliphatic carboxylic acids is 1. The summed E-state index contributed by atoms with van der Waals surface area (Å²) in [5.41, 5.74) is 0.882. The van der Waals surface area contributed by atoms with Gasteiger partial charge in [0.05, 0.1) is 10.4 Å². The molecule has 0 saturated heterocycles. The summed E-state index contributed by atoms with van der Waals surface area (Å²) in [7, 11) is 0. The molecule has 3 rings (SSSR count). The zero-order valence-corrected chi connectivity index (χ0v) is 11.4. The Morgan fingerprint density at radius 1 is 1.42 bits per heavy atom. The fourth-order valence-corrected chi connectivity index (χ4v) is 3.06. The Hall–Kier alpha value is -1.42. The van der Waals surface area contributed by atoms with Crippen LogP contribution in [0.1, 0.15) is 30.9 Å². The summed E-state index contributed by atoms with van der Waals surface area (Å²) < 4.78 is 11.1. The second-order valence-corrected chi connectivity index (χ2v) is 5.36. The minimum absolute atomic E-state index is 0.467. The molecular formula is C14H15ClO4. The number of carbonyl (C=O) groups is 1. The molecule has 4 nitrogen and oxygen atoms in total. The van der Waals surface area contributed by atoms with Gasteiger partial charge in [0.1, 0.15) is 13.2 Å². The molecule has 5 heteroatoms. The zero-order chi connectivity index (χ0) is 13.6. The van der Waals surface area contributed by atoms with Gasteiger partial charge in [-0.15, -0.1) is 0 Å². The Labute approximate surface area is 116 Å². The molecule has 0 amide bonds. The van der Waals surface area contributed by atoms with Crippen molar-refractivity contribution < 1.29 is 19.4 Å². The quantitative estimate of drug-likeness (QED) is 0.926. The van der Waals surface area contributed by atoms with Crippen LogP contribution in [0.2, 0.25) is 5.02 Å². The number of hydrogen-bond donors (Lipinski definition) is 1. The Balaban J connectivity index is 2.19. The molecule has 0 bridgehead atoms. The maximum absolute atomic E-state index is 11.5. The van der Waals surface area contributed by atoms with Crippen LogP contribution in [-0.2, 0) is 16.6 Å². The third-order valence-electron chi connectivity index (χ3n) is 3.90. The SMILES string of the molecule is CCc1c(C2(C(=O)O)CC2)cc2c(c1Cl)OCCO2. The summed E-state index contributed by atoms with van der Waals surface area (Å²) in [5.74, 6) is 0.334. The van der Waals surface area contributed by atoms with E-state index in [1.54, 1.807) is 6.07 Å². The van der Waals surface area contributed by atoms with E-state index >= 15 is 0 Å². The van der Waals surface area contributed by atoms with E-state index < -0.39 is 11.4 Å². The summed E-state index contributed by atoms with van der Waals surface area (Å²) in [5, 5.41) is 9.96. The van der Waals surface area contributed by atoms with E-state index in [9.17, 15) is 9.90 Å². The van der Waals surface area contributed by atoms with Crippen molar-refractivity contribution in [1.82, 2.24) is 0 Å². The highest BCUT2D eigenvalue weighted by atomic mass is 35.5. The topological polar surface area (TPSA) is 55.8 Å². The van der Waals surface area contributed by atoms with Gasteiger partial charge in [-0.05, 0) is 36.5 Å². The van der Waals surface area contributed by atoms with Crippen LogP contribution in [0.3, 0.4) is 0 Å². The Bertz CT molecular complexity index is 549. The largest absolute Gasteiger partial charge is 0.486 e. The number of benzene rings is 1. The Morgan fingerprint density at radius 2 is 2.11 bits per heavy atom. The average molecular weight is 283 g/mol. The first kappa shape index (κ1) is 12.6. The molecule has 1 heterocycles. The van der Waals surface area contributed by atoms with Crippen LogP contribution in [0.5, 0.6) is 11.5 Å². The molecule has 1 aromatic rings. The highest BCUT2D eigenvalue weighted by Gasteiger charge is 2.53. The van der Waals surface area contributed by atoms with E-state index in [-0.39, 0.29) is 0 Å². The van der Waals surface area contributed by atoms with Crippen molar-refractivity contribution in [2.75, 3.05) is 13.2 Å². The monoisotopic (exact) mass is 282 g/mol. The van der Waals surface area contributed by atoms with Gasteiger partial charge in [0.2, 0.25) is 0 Å². The lowest BCUT2D eigenvalue weighted by atomic mass is 9.89. The van der Waals surface area contributed by atoms with Gasteiger partial charge >= 0.3 is 5.97 Å². The number of fused-ring (bicyclic) bond motifs is 1. The molecular weight excluding hydrogens is 268 g/mol. The second-order valence-electron chi connectivity index (χ2n) is 4.98. The van der Waals surface area contributed by atoms with Crippen LogP contribution in [0.15, 0.2) is 6.07 Å². The summed E-state index contributed by atoms with van der Waals surface area (Å²) in [6.07, 6.45) is 2.00. The van der Waals surface area contributed by atoms with Crippen LogP contribution in [-0.4, -0.2) is 24.3 Å². The number of carboxylic acid groups (broad SMARTS) is 1. The van der Waals surface area contributed by atoms with Crippen LogP contribution >= 0.6 is 11.6 Å². The van der Waals surface area contributed by atoms with Gasteiger partial charge in [0.15, 0.2) is 11.5 Å². The third kappa shape index (κ3) is 1.77. The van der Waals surface area contributed by atoms with Crippen LogP contribution in [0.25, 0.3) is 0 Å². The molecule has 1 saturated carbocycles. The summed E-state index contributed by atoms with van der Waals surface area (Å²) >= 11 is 6.37. The molecule has 0 aromatic heterocycles. The molecule has 2 aliphatic rings. The van der Waals surface area contributed by atoms with Crippen LogP contribution < -0.4 is 9.47 Å².